The fourth-order valence-corrected chi connectivity index (χ4v) is 4.74. The molecule has 1 aromatic rings. The van der Waals surface area contributed by atoms with Gasteiger partial charge in [-0.25, -0.2) is 9.59 Å². The maximum atomic E-state index is 12.0. The number of carbonyl (C=O) groups is 3. The first kappa shape index (κ1) is 17.6. The average molecular weight is 363 g/mol. The number of fused-ring (bicyclic) bond motifs is 1. The van der Waals surface area contributed by atoms with Crippen molar-refractivity contribution in [3.8, 4) is 0 Å². The molecule has 2 heterocycles. The van der Waals surface area contributed by atoms with E-state index < -0.39 is 5.97 Å². The Balaban J connectivity index is 1.35. The van der Waals surface area contributed by atoms with Crippen molar-refractivity contribution >= 4 is 35.4 Å². The molecule has 0 aliphatic carbocycles. The molecule has 2 saturated heterocycles. The van der Waals surface area contributed by atoms with Gasteiger partial charge in [0.1, 0.15) is 0 Å². The van der Waals surface area contributed by atoms with Crippen LogP contribution >= 0.6 is 11.8 Å². The van der Waals surface area contributed by atoms with Crippen LogP contribution in [0.1, 0.15) is 36.0 Å². The molecule has 0 spiro atoms. The number of carbonyl (C=O) groups excluding carboxylic acids is 2. The van der Waals surface area contributed by atoms with Crippen molar-refractivity contribution < 1.29 is 19.5 Å². The Morgan fingerprint density at radius 1 is 1.20 bits per heavy atom. The van der Waals surface area contributed by atoms with E-state index in [1.54, 1.807) is 12.1 Å². The highest BCUT2D eigenvalue weighted by Gasteiger charge is 2.42. The van der Waals surface area contributed by atoms with Crippen LogP contribution in [0.15, 0.2) is 24.3 Å². The number of hydrogen-bond acceptors (Lipinski definition) is 4. The Kier molecular flexibility index (Phi) is 5.47. The van der Waals surface area contributed by atoms with Gasteiger partial charge in [-0.2, -0.15) is 11.8 Å². The van der Waals surface area contributed by atoms with Crippen LogP contribution in [0.3, 0.4) is 0 Å². The predicted molar refractivity (Wildman–Crippen MR) is 96.0 cm³/mol. The highest BCUT2D eigenvalue weighted by molar-refractivity contribution is 8.00. The molecule has 25 heavy (non-hydrogen) atoms. The number of amides is 3. The lowest BCUT2D eigenvalue weighted by molar-refractivity contribution is -0.116. The summed E-state index contributed by atoms with van der Waals surface area (Å²) in [5.74, 6) is -0.115. The minimum atomic E-state index is -0.987. The second-order valence-corrected chi connectivity index (χ2v) is 7.57. The predicted octanol–water partition coefficient (Wildman–Crippen LogP) is 2.05. The molecule has 3 rings (SSSR count). The van der Waals surface area contributed by atoms with Gasteiger partial charge in [0, 0.05) is 23.1 Å². The summed E-state index contributed by atoms with van der Waals surface area (Å²) >= 11 is 1.88. The monoisotopic (exact) mass is 363 g/mol. The molecule has 0 saturated carbocycles. The number of carboxylic acids is 1. The molecule has 4 N–H and O–H groups in total. The number of anilines is 1. The normalized spacial score (nSPS) is 24.3. The number of thioether (sulfide) groups is 1. The summed E-state index contributed by atoms with van der Waals surface area (Å²) in [6.45, 7) is 0. The second kappa shape index (κ2) is 7.77. The van der Waals surface area contributed by atoms with Gasteiger partial charge in [-0.1, -0.05) is 6.42 Å². The van der Waals surface area contributed by atoms with Crippen molar-refractivity contribution in [3.05, 3.63) is 29.8 Å². The van der Waals surface area contributed by atoms with Crippen LogP contribution in [0.4, 0.5) is 10.5 Å². The first-order valence-electron chi connectivity index (χ1n) is 8.35. The number of urea groups is 1. The van der Waals surface area contributed by atoms with E-state index in [9.17, 15) is 14.4 Å². The lowest BCUT2D eigenvalue weighted by Crippen LogP contribution is -2.36. The van der Waals surface area contributed by atoms with E-state index in [2.05, 4.69) is 16.0 Å². The maximum Gasteiger partial charge on any atom is 0.335 e. The molecule has 2 fully saturated rings. The van der Waals surface area contributed by atoms with Crippen LogP contribution in [-0.4, -0.2) is 46.1 Å². The summed E-state index contributed by atoms with van der Waals surface area (Å²) in [5, 5.41) is 17.9. The van der Waals surface area contributed by atoms with Gasteiger partial charge in [0.15, 0.2) is 0 Å². The van der Waals surface area contributed by atoms with Gasteiger partial charge < -0.3 is 21.1 Å². The van der Waals surface area contributed by atoms with Crippen molar-refractivity contribution in [2.45, 2.75) is 43.0 Å². The summed E-state index contributed by atoms with van der Waals surface area (Å²) in [5.41, 5.74) is 0.794. The lowest BCUT2D eigenvalue weighted by atomic mass is 10.0. The third kappa shape index (κ3) is 4.45. The molecule has 8 heteroatoms. The number of rotatable bonds is 7. The Hall–Kier alpha value is -2.22. The van der Waals surface area contributed by atoms with Crippen LogP contribution in [-0.2, 0) is 4.79 Å². The summed E-state index contributed by atoms with van der Waals surface area (Å²) < 4.78 is 0. The zero-order valence-corrected chi connectivity index (χ0v) is 14.5. The van der Waals surface area contributed by atoms with Crippen molar-refractivity contribution in [3.63, 3.8) is 0 Å². The first-order valence-corrected chi connectivity index (χ1v) is 9.39. The minimum Gasteiger partial charge on any atom is -0.478 e. The third-order valence-electron chi connectivity index (χ3n) is 4.50. The molecule has 0 aromatic heterocycles. The summed E-state index contributed by atoms with van der Waals surface area (Å²) in [4.78, 5) is 34.1. The second-order valence-electron chi connectivity index (χ2n) is 6.30. The van der Waals surface area contributed by atoms with Gasteiger partial charge in [0.25, 0.3) is 0 Å². The van der Waals surface area contributed by atoms with Gasteiger partial charge in [0.05, 0.1) is 17.6 Å². The van der Waals surface area contributed by atoms with Crippen LogP contribution in [0.2, 0.25) is 0 Å². The van der Waals surface area contributed by atoms with Gasteiger partial charge in [-0.15, -0.1) is 0 Å². The molecular formula is C17H21N3O4S. The number of unbranched alkanes of at least 4 members (excludes halogenated alkanes) is 1. The van der Waals surface area contributed by atoms with Gasteiger partial charge in [0.2, 0.25) is 5.91 Å². The fourth-order valence-electron chi connectivity index (χ4n) is 3.19. The van der Waals surface area contributed by atoms with Crippen LogP contribution in [0.5, 0.6) is 0 Å². The Morgan fingerprint density at radius 2 is 1.96 bits per heavy atom. The average Bonchev–Trinajstić information content (AvgIpc) is 3.11. The van der Waals surface area contributed by atoms with E-state index in [0.717, 1.165) is 25.0 Å². The van der Waals surface area contributed by atoms with E-state index in [-0.39, 0.29) is 29.6 Å². The van der Waals surface area contributed by atoms with Gasteiger partial charge in [-0.3, -0.25) is 4.79 Å². The Labute approximate surface area is 149 Å². The van der Waals surface area contributed by atoms with Crippen LogP contribution in [0.25, 0.3) is 0 Å². The standard InChI is InChI=1S/C17H21N3O4S/c21-14(18-11-7-5-10(6-8-11)16(22)23)4-2-1-3-13-15-12(9-25-13)19-17(24)20-15/h5-8,12-13,15H,1-4,9H2,(H,18,21)(H,22,23)(H2,19,20,24)/t12-,13+,15-/m1/s1. The van der Waals surface area contributed by atoms with Gasteiger partial charge >= 0.3 is 12.0 Å². The number of aromatic carboxylic acids is 1. The molecular weight excluding hydrogens is 342 g/mol. The molecule has 3 amide bonds. The highest BCUT2D eigenvalue weighted by atomic mass is 32.2. The zero-order chi connectivity index (χ0) is 17.8. The summed E-state index contributed by atoms with van der Waals surface area (Å²) in [7, 11) is 0. The fraction of sp³-hybridized carbons (Fsp3) is 0.471. The summed E-state index contributed by atoms with van der Waals surface area (Å²) in [6, 6.07) is 6.48. The van der Waals surface area contributed by atoms with Gasteiger partial charge in [-0.05, 0) is 37.1 Å². The van der Waals surface area contributed by atoms with Crippen LogP contribution < -0.4 is 16.0 Å². The number of hydrogen-bond donors (Lipinski definition) is 4. The molecule has 1 aromatic carbocycles. The maximum absolute atomic E-state index is 12.0. The van der Waals surface area contributed by atoms with Crippen molar-refractivity contribution in [2.75, 3.05) is 11.1 Å². The van der Waals surface area contributed by atoms with Crippen molar-refractivity contribution in [1.29, 1.82) is 0 Å². The number of nitrogens with one attached hydrogen (secondary N) is 3. The first-order chi connectivity index (χ1) is 12.0. The molecule has 0 radical (unpaired) electrons. The smallest absolute Gasteiger partial charge is 0.335 e. The molecule has 0 bridgehead atoms. The molecule has 2 aliphatic heterocycles. The quantitative estimate of drug-likeness (QED) is 0.438. The van der Waals surface area contributed by atoms with E-state index in [4.69, 9.17) is 5.11 Å². The lowest BCUT2D eigenvalue weighted by Gasteiger charge is -2.16. The molecule has 0 unspecified atom stereocenters. The number of benzene rings is 1. The Bertz CT molecular complexity index is 664. The van der Waals surface area contributed by atoms with E-state index in [1.807, 2.05) is 11.8 Å². The topological polar surface area (TPSA) is 108 Å². The van der Waals surface area contributed by atoms with E-state index >= 15 is 0 Å². The highest BCUT2D eigenvalue weighted by Crippen LogP contribution is 2.33. The molecule has 2 aliphatic rings. The third-order valence-corrected chi connectivity index (χ3v) is 6.00. The van der Waals surface area contributed by atoms with E-state index in [0.29, 0.717) is 17.4 Å². The Morgan fingerprint density at radius 3 is 2.68 bits per heavy atom. The molecule has 3 atom stereocenters. The molecule has 7 nitrogen and oxygen atoms in total. The molecule has 134 valence electrons. The largest absolute Gasteiger partial charge is 0.478 e. The SMILES string of the molecule is O=C(CCCC[C@@H]1SC[C@H]2NC(=O)N[C@@H]12)Nc1ccc(C(=O)O)cc1. The van der Waals surface area contributed by atoms with Crippen LogP contribution in [0, 0.1) is 0 Å². The summed E-state index contributed by atoms with van der Waals surface area (Å²) in [6.07, 6.45) is 3.13. The number of carboxylic acid groups (broad SMARTS) is 1. The van der Waals surface area contributed by atoms with E-state index in [1.165, 1.54) is 12.1 Å². The van der Waals surface area contributed by atoms with Crippen molar-refractivity contribution in [2.24, 2.45) is 0 Å². The minimum absolute atomic E-state index is 0.0733. The van der Waals surface area contributed by atoms with Crippen molar-refractivity contribution in [1.82, 2.24) is 10.6 Å². The zero-order valence-electron chi connectivity index (χ0n) is 13.7.